The first kappa shape index (κ1) is 21.0. The fourth-order valence-electron chi connectivity index (χ4n) is 2.61. The highest BCUT2D eigenvalue weighted by atomic mass is 79.9. The molecule has 0 unspecified atom stereocenters. The average molecular weight is 410 g/mol. The SMILES string of the molecule is CBr.COc1ccc(C(O)(C(=O)[O-])c2ccc(OC)c(C)c2)cc1C. The lowest BCUT2D eigenvalue weighted by atomic mass is 9.85. The standard InChI is InChI=1S/C18H20O5.CH3Br/c1-11-9-13(5-7-15(11)22-3)18(21,17(19)20)14-6-8-16(23-4)12(2)10-14;1-2/h5-10,21H,1-4H3,(H,19,20);1H3/p-1. The van der Waals surface area contributed by atoms with Gasteiger partial charge >= 0.3 is 0 Å². The molecule has 1 N–H and O–H groups in total. The number of methoxy groups -OCH3 is 2. The molecule has 2 rings (SSSR count). The van der Waals surface area contributed by atoms with E-state index in [0.717, 1.165) is 11.1 Å². The number of hydrogen-bond donors (Lipinski definition) is 1. The van der Waals surface area contributed by atoms with Crippen molar-refractivity contribution in [2.75, 3.05) is 20.1 Å². The molecule has 0 aromatic heterocycles. The van der Waals surface area contributed by atoms with Crippen LogP contribution >= 0.6 is 15.9 Å². The summed E-state index contributed by atoms with van der Waals surface area (Å²) in [6.07, 6.45) is 0. The summed E-state index contributed by atoms with van der Waals surface area (Å²) >= 11 is 2.94. The molecule has 6 heteroatoms. The Morgan fingerprint density at radius 2 is 1.32 bits per heavy atom. The number of aryl methyl sites for hydroxylation is 2. The van der Waals surface area contributed by atoms with Crippen LogP contribution in [0, 0.1) is 13.8 Å². The van der Waals surface area contributed by atoms with Crippen molar-refractivity contribution in [3.63, 3.8) is 0 Å². The van der Waals surface area contributed by atoms with Crippen LogP contribution in [0.15, 0.2) is 36.4 Å². The number of alkyl halides is 1. The van der Waals surface area contributed by atoms with Gasteiger partial charge in [0.1, 0.15) is 11.5 Å². The van der Waals surface area contributed by atoms with Gasteiger partial charge in [0.15, 0.2) is 5.60 Å². The molecule has 136 valence electrons. The molecule has 0 saturated heterocycles. The smallest absolute Gasteiger partial charge is 0.154 e. The Bertz CT molecular complexity index is 689. The van der Waals surface area contributed by atoms with Crippen LogP contribution in [0.5, 0.6) is 11.5 Å². The Hall–Kier alpha value is -2.05. The van der Waals surface area contributed by atoms with E-state index in [4.69, 9.17) is 9.47 Å². The molecule has 0 saturated carbocycles. The first-order valence-corrected chi connectivity index (χ1v) is 9.05. The van der Waals surface area contributed by atoms with E-state index in [9.17, 15) is 15.0 Å². The van der Waals surface area contributed by atoms with Crippen LogP contribution in [0.4, 0.5) is 0 Å². The van der Waals surface area contributed by atoms with Crippen molar-refractivity contribution < 1.29 is 24.5 Å². The lowest BCUT2D eigenvalue weighted by Gasteiger charge is -2.31. The lowest BCUT2D eigenvalue weighted by Crippen LogP contribution is -2.46. The van der Waals surface area contributed by atoms with Crippen molar-refractivity contribution in [2.45, 2.75) is 19.4 Å². The molecule has 0 atom stereocenters. The Labute approximate surface area is 156 Å². The van der Waals surface area contributed by atoms with Crippen LogP contribution in [0.1, 0.15) is 22.3 Å². The van der Waals surface area contributed by atoms with E-state index in [1.165, 1.54) is 26.4 Å². The van der Waals surface area contributed by atoms with E-state index in [1.807, 2.05) is 5.83 Å². The van der Waals surface area contributed by atoms with Crippen LogP contribution in [0.25, 0.3) is 0 Å². The number of carbonyl (C=O) groups excluding carboxylic acids is 1. The topological polar surface area (TPSA) is 78.8 Å². The fraction of sp³-hybridized carbons (Fsp3) is 0.316. The first-order valence-electron chi connectivity index (χ1n) is 7.46. The predicted octanol–water partition coefficient (Wildman–Crippen LogP) is 2.32. The van der Waals surface area contributed by atoms with Gasteiger partial charge in [-0.1, -0.05) is 28.1 Å². The van der Waals surface area contributed by atoms with E-state index in [0.29, 0.717) is 11.5 Å². The summed E-state index contributed by atoms with van der Waals surface area (Å²) in [5.74, 6) is 1.44. The number of halogens is 1. The molecule has 0 aliphatic rings. The predicted molar refractivity (Wildman–Crippen MR) is 98.3 cm³/mol. The van der Waals surface area contributed by atoms with Gasteiger partial charge in [-0.05, 0) is 66.2 Å². The van der Waals surface area contributed by atoms with Gasteiger partial charge in [-0.2, -0.15) is 0 Å². The quantitative estimate of drug-likeness (QED) is 0.766. The van der Waals surface area contributed by atoms with Gasteiger partial charge in [-0.15, -0.1) is 0 Å². The second-order valence-electron chi connectivity index (χ2n) is 5.37. The number of aliphatic carboxylic acids is 1. The number of ether oxygens (including phenoxy) is 2. The number of carboxylic acids is 1. The molecule has 0 radical (unpaired) electrons. The normalized spacial score (nSPS) is 10.5. The third kappa shape index (κ3) is 4.14. The second kappa shape index (κ2) is 8.87. The zero-order valence-corrected chi connectivity index (χ0v) is 16.5. The minimum Gasteiger partial charge on any atom is -0.546 e. The third-order valence-electron chi connectivity index (χ3n) is 3.92. The maximum Gasteiger partial charge on any atom is 0.154 e. The van der Waals surface area contributed by atoms with Crippen LogP contribution in [0.3, 0.4) is 0 Å². The monoisotopic (exact) mass is 409 g/mol. The van der Waals surface area contributed by atoms with Gasteiger partial charge in [-0.3, -0.25) is 0 Å². The van der Waals surface area contributed by atoms with E-state index < -0.39 is 11.6 Å². The number of aliphatic hydroxyl groups is 1. The van der Waals surface area contributed by atoms with Crippen molar-refractivity contribution in [2.24, 2.45) is 0 Å². The van der Waals surface area contributed by atoms with Crippen molar-refractivity contribution >= 4 is 21.9 Å². The van der Waals surface area contributed by atoms with E-state index in [1.54, 1.807) is 38.1 Å². The molecule has 25 heavy (non-hydrogen) atoms. The lowest BCUT2D eigenvalue weighted by molar-refractivity contribution is -0.322. The van der Waals surface area contributed by atoms with E-state index in [2.05, 4.69) is 15.9 Å². The number of benzene rings is 2. The van der Waals surface area contributed by atoms with Crippen molar-refractivity contribution in [1.29, 1.82) is 0 Å². The first-order chi connectivity index (χ1) is 11.8. The zero-order valence-electron chi connectivity index (χ0n) is 14.9. The molecule has 0 aliphatic heterocycles. The number of carbonyl (C=O) groups is 1. The Morgan fingerprint density at radius 3 is 1.56 bits per heavy atom. The Kier molecular flexibility index (Phi) is 7.45. The minimum atomic E-state index is -2.26. The second-order valence-corrected chi connectivity index (χ2v) is 5.37. The molecule has 0 amide bonds. The molecule has 0 spiro atoms. The molecule has 0 aliphatic carbocycles. The summed E-state index contributed by atoms with van der Waals surface area (Å²) in [5, 5.41) is 22.6. The molecular formula is C19H22BrO5-. The average Bonchev–Trinajstić information content (AvgIpc) is 2.62. The molecule has 2 aromatic rings. The van der Waals surface area contributed by atoms with Gasteiger partial charge in [-0.25, -0.2) is 0 Å². The van der Waals surface area contributed by atoms with Gasteiger partial charge in [0.05, 0.1) is 20.2 Å². The van der Waals surface area contributed by atoms with Crippen LogP contribution in [-0.4, -0.2) is 31.1 Å². The van der Waals surface area contributed by atoms with Crippen molar-refractivity contribution in [1.82, 2.24) is 0 Å². The van der Waals surface area contributed by atoms with Gasteiger partial charge in [0, 0.05) is 0 Å². The van der Waals surface area contributed by atoms with Gasteiger partial charge in [0.2, 0.25) is 0 Å². The van der Waals surface area contributed by atoms with Gasteiger partial charge in [0.25, 0.3) is 0 Å². The highest BCUT2D eigenvalue weighted by molar-refractivity contribution is 9.08. The Balaban J connectivity index is 0.00000151. The molecule has 5 nitrogen and oxygen atoms in total. The Morgan fingerprint density at radius 1 is 0.960 bits per heavy atom. The summed E-state index contributed by atoms with van der Waals surface area (Å²) in [5.41, 5.74) is -0.404. The highest BCUT2D eigenvalue weighted by Crippen LogP contribution is 2.34. The number of carboxylic acid groups (broad SMARTS) is 1. The zero-order chi connectivity index (χ0) is 19.2. The summed E-state index contributed by atoms with van der Waals surface area (Å²) in [4.78, 5) is 11.7. The van der Waals surface area contributed by atoms with Crippen molar-refractivity contribution in [3.05, 3.63) is 58.7 Å². The molecule has 2 aromatic carbocycles. The number of hydrogen-bond acceptors (Lipinski definition) is 5. The summed E-state index contributed by atoms with van der Waals surface area (Å²) in [6.45, 7) is 3.55. The molecule has 0 heterocycles. The molecule has 0 bridgehead atoms. The minimum absolute atomic E-state index is 0.209. The molecule has 0 fully saturated rings. The van der Waals surface area contributed by atoms with Crippen LogP contribution in [-0.2, 0) is 10.4 Å². The van der Waals surface area contributed by atoms with Crippen molar-refractivity contribution in [3.8, 4) is 11.5 Å². The summed E-state index contributed by atoms with van der Waals surface area (Å²) in [6, 6.07) is 9.43. The third-order valence-corrected chi connectivity index (χ3v) is 3.92. The number of rotatable bonds is 5. The summed E-state index contributed by atoms with van der Waals surface area (Å²) in [7, 11) is 3.06. The largest absolute Gasteiger partial charge is 0.546 e. The maximum absolute atomic E-state index is 11.7. The van der Waals surface area contributed by atoms with Gasteiger partial charge < -0.3 is 24.5 Å². The highest BCUT2D eigenvalue weighted by Gasteiger charge is 2.34. The van der Waals surface area contributed by atoms with E-state index >= 15 is 0 Å². The fourth-order valence-corrected chi connectivity index (χ4v) is 2.61. The van der Waals surface area contributed by atoms with Crippen LogP contribution < -0.4 is 14.6 Å². The van der Waals surface area contributed by atoms with Crippen LogP contribution in [0.2, 0.25) is 0 Å². The van der Waals surface area contributed by atoms with E-state index in [-0.39, 0.29) is 11.1 Å². The maximum atomic E-state index is 11.7. The molecular weight excluding hydrogens is 388 g/mol. The summed E-state index contributed by atoms with van der Waals surface area (Å²) < 4.78 is 10.3.